The van der Waals surface area contributed by atoms with E-state index in [2.05, 4.69) is 10.7 Å². The molecular formula is C12H12FNOS. The minimum Gasteiger partial charge on any atom is -0.495 e. The molecular weight excluding hydrogens is 225 g/mol. The summed E-state index contributed by atoms with van der Waals surface area (Å²) >= 11 is 1.64. The smallest absolute Gasteiger partial charge is 0.142 e. The molecule has 0 aliphatic carbocycles. The third-order valence-corrected chi connectivity index (χ3v) is 2.96. The van der Waals surface area contributed by atoms with Crippen molar-refractivity contribution in [1.29, 1.82) is 0 Å². The molecule has 0 aliphatic heterocycles. The van der Waals surface area contributed by atoms with E-state index in [1.54, 1.807) is 24.5 Å². The SMILES string of the molecule is COc1ccc(F)cc1NCc1ccsc1. The molecule has 0 saturated heterocycles. The van der Waals surface area contributed by atoms with Gasteiger partial charge in [0.15, 0.2) is 0 Å². The van der Waals surface area contributed by atoms with Crippen LogP contribution in [0.2, 0.25) is 0 Å². The van der Waals surface area contributed by atoms with Crippen molar-refractivity contribution in [2.24, 2.45) is 0 Å². The predicted molar refractivity (Wildman–Crippen MR) is 64.6 cm³/mol. The predicted octanol–water partition coefficient (Wildman–Crippen LogP) is 3.51. The van der Waals surface area contributed by atoms with Crippen molar-refractivity contribution in [2.45, 2.75) is 6.54 Å². The Bertz CT molecular complexity index is 456. The van der Waals surface area contributed by atoms with Crippen molar-refractivity contribution in [2.75, 3.05) is 12.4 Å². The lowest BCUT2D eigenvalue weighted by Crippen LogP contribution is -2.00. The molecule has 0 amide bonds. The monoisotopic (exact) mass is 237 g/mol. The summed E-state index contributed by atoms with van der Waals surface area (Å²) in [6.45, 7) is 0.670. The maximum absolute atomic E-state index is 13.1. The normalized spacial score (nSPS) is 10.1. The Balaban J connectivity index is 2.11. The minimum absolute atomic E-state index is 0.270. The van der Waals surface area contributed by atoms with Gasteiger partial charge in [-0.15, -0.1) is 0 Å². The molecule has 0 bridgehead atoms. The van der Waals surface area contributed by atoms with Crippen molar-refractivity contribution in [3.63, 3.8) is 0 Å². The Morgan fingerprint density at radius 1 is 1.38 bits per heavy atom. The van der Waals surface area contributed by atoms with Crippen molar-refractivity contribution in [1.82, 2.24) is 0 Å². The van der Waals surface area contributed by atoms with Gasteiger partial charge < -0.3 is 10.1 Å². The van der Waals surface area contributed by atoms with Crippen LogP contribution >= 0.6 is 11.3 Å². The highest BCUT2D eigenvalue weighted by molar-refractivity contribution is 7.07. The molecule has 2 nitrogen and oxygen atoms in total. The summed E-state index contributed by atoms with van der Waals surface area (Å²) in [6, 6.07) is 6.47. The largest absolute Gasteiger partial charge is 0.495 e. The molecule has 1 aromatic heterocycles. The van der Waals surface area contributed by atoms with E-state index in [4.69, 9.17) is 4.74 Å². The molecule has 2 rings (SSSR count). The second-order valence-electron chi connectivity index (χ2n) is 3.33. The van der Waals surface area contributed by atoms with Gasteiger partial charge in [0.1, 0.15) is 11.6 Å². The number of halogens is 1. The number of methoxy groups -OCH3 is 1. The Kier molecular flexibility index (Phi) is 3.41. The van der Waals surface area contributed by atoms with E-state index in [0.29, 0.717) is 18.0 Å². The highest BCUT2D eigenvalue weighted by Gasteiger charge is 2.04. The Morgan fingerprint density at radius 2 is 2.25 bits per heavy atom. The summed E-state index contributed by atoms with van der Waals surface area (Å²) < 4.78 is 18.2. The number of hydrogen-bond donors (Lipinski definition) is 1. The summed E-state index contributed by atoms with van der Waals surface area (Å²) in [6.07, 6.45) is 0. The number of benzene rings is 1. The zero-order chi connectivity index (χ0) is 11.4. The number of ether oxygens (including phenoxy) is 1. The highest BCUT2D eigenvalue weighted by atomic mass is 32.1. The van der Waals surface area contributed by atoms with Crippen LogP contribution in [0.1, 0.15) is 5.56 Å². The maximum atomic E-state index is 13.1. The first-order valence-electron chi connectivity index (χ1n) is 4.88. The van der Waals surface area contributed by atoms with Crippen molar-refractivity contribution < 1.29 is 9.13 Å². The maximum Gasteiger partial charge on any atom is 0.142 e. The van der Waals surface area contributed by atoms with Gasteiger partial charge in [-0.3, -0.25) is 0 Å². The highest BCUT2D eigenvalue weighted by Crippen LogP contribution is 2.25. The molecule has 1 aromatic carbocycles. The standard InChI is InChI=1S/C12H12FNOS/c1-15-12-3-2-10(13)6-11(12)14-7-9-4-5-16-8-9/h2-6,8,14H,7H2,1H3. The lowest BCUT2D eigenvalue weighted by Gasteiger charge is -2.10. The summed E-state index contributed by atoms with van der Waals surface area (Å²) in [4.78, 5) is 0. The number of nitrogens with one attached hydrogen (secondary N) is 1. The van der Waals surface area contributed by atoms with E-state index in [-0.39, 0.29) is 5.82 Å². The number of rotatable bonds is 4. The molecule has 0 unspecified atom stereocenters. The summed E-state index contributed by atoms with van der Waals surface area (Å²) in [5.41, 5.74) is 1.85. The van der Waals surface area contributed by atoms with Crippen LogP contribution in [0.25, 0.3) is 0 Å². The topological polar surface area (TPSA) is 21.3 Å². The molecule has 0 radical (unpaired) electrons. The molecule has 0 aliphatic rings. The first-order valence-corrected chi connectivity index (χ1v) is 5.82. The van der Waals surface area contributed by atoms with E-state index < -0.39 is 0 Å². The summed E-state index contributed by atoms with van der Waals surface area (Å²) in [5.74, 6) is 0.380. The number of hydrogen-bond acceptors (Lipinski definition) is 3. The van der Waals surface area contributed by atoms with Crippen LogP contribution in [0.5, 0.6) is 5.75 Å². The average molecular weight is 237 g/mol. The van der Waals surface area contributed by atoms with E-state index in [9.17, 15) is 4.39 Å². The Morgan fingerprint density at radius 3 is 2.94 bits per heavy atom. The van der Waals surface area contributed by atoms with Crippen LogP contribution in [0.3, 0.4) is 0 Å². The minimum atomic E-state index is -0.270. The first kappa shape index (κ1) is 11.0. The number of thiophene rings is 1. The molecule has 0 atom stereocenters. The lowest BCUT2D eigenvalue weighted by atomic mass is 10.2. The van der Waals surface area contributed by atoms with Gasteiger partial charge >= 0.3 is 0 Å². The molecule has 0 fully saturated rings. The van der Waals surface area contributed by atoms with Crippen LogP contribution in [-0.4, -0.2) is 7.11 Å². The van der Waals surface area contributed by atoms with Crippen molar-refractivity contribution in [3.8, 4) is 5.75 Å². The van der Waals surface area contributed by atoms with Crippen molar-refractivity contribution >= 4 is 17.0 Å². The third kappa shape index (κ3) is 2.52. The lowest BCUT2D eigenvalue weighted by molar-refractivity contribution is 0.415. The molecule has 1 heterocycles. The van der Waals surface area contributed by atoms with Gasteiger partial charge in [-0.25, -0.2) is 4.39 Å². The Labute approximate surface area is 97.7 Å². The van der Waals surface area contributed by atoms with E-state index in [0.717, 1.165) is 0 Å². The van der Waals surface area contributed by atoms with Gasteiger partial charge in [0.05, 0.1) is 12.8 Å². The molecule has 1 N–H and O–H groups in total. The number of anilines is 1. The quantitative estimate of drug-likeness (QED) is 0.878. The molecule has 2 aromatic rings. The van der Waals surface area contributed by atoms with Gasteiger partial charge in [-0.2, -0.15) is 11.3 Å². The summed E-state index contributed by atoms with van der Waals surface area (Å²) in [7, 11) is 1.57. The van der Waals surface area contributed by atoms with Gasteiger partial charge in [0.2, 0.25) is 0 Å². The zero-order valence-corrected chi connectivity index (χ0v) is 9.68. The van der Waals surface area contributed by atoms with Gasteiger partial charge in [0.25, 0.3) is 0 Å². The second kappa shape index (κ2) is 4.99. The van der Waals surface area contributed by atoms with Gasteiger partial charge in [-0.1, -0.05) is 0 Å². The van der Waals surface area contributed by atoms with Crippen LogP contribution < -0.4 is 10.1 Å². The third-order valence-electron chi connectivity index (χ3n) is 2.22. The molecule has 0 saturated carbocycles. The van der Waals surface area contributed by atoms with Crippen LogP contribution in [-0.2, 0) is 6.54 Å². The summed E-state index contributed by atoms with van der Waals surface area (Å²) in [5, 5.41) is 7.22. The molecule has 0 spiro atoms. The zero-order valence-electron chi connectivity index (χ0n) is 8.87. The van der Waals surface area contributed by atoms with E-state index in [1.807, 2.05) is 11.4 Å². The van der Waals surface area contributed by atoms with Crippen molar-refractivity contribution in [3.05, 3.63) is 46.4 Å². The second-order valence-corrected chi connectivity index (χ2v) is 4.11. The van der Waals surface area contributed by atoms with Crippen LogP contribution in [0.15, 0.2) is 35.0 Å². The fraction of sp³-hybridized carbons (Fsp3) is 0.167. The van der Waals surface area contributed by atoms with Gasteiger partial charge in [0, 0.05) is 12.6 Å². The average Bonchev–Trinajstić information content (AvgIpc) is 2.79. The molecule has 84 valence electrons. The van der Waals surface area contributed by atoms with Crippen LogP contribution in [0, 0.1) is 5.82 Å². The fourth-order valence-corrected chi connectivity index (χ4v) is 2.08. The van der Waals surface area contributed by atoms with Gasteiger partial charge in [-0.05, 0) is 34.5 Å². The Hall–Kier alpha value is -1.55. The molecule has 4 heteroatoms. The molecule has 16 heavy (non-hydrogen) atoms. The first-order chi connectivity index (χ1) is 7.79. The van der Waals surface area contributed by atoms with E-state index in [1.165, 1.54) is 17.7 Å². The van der Waals surface area contributed by atoms with E-state index >= 15 is 0 Å². The fourth-order valence-electron chi connectivity index (χ4n) is 1.41. The van der Waals surface area contributed by atoms with Crippen LogP contribution in [0.4, 0.5) is 10.1 Å².